The summed E-state index contributed by atoms with van der Waals surface area (Å²) in [4.78, 5) is 29.2. The number of hydrogen-bond donors (Lipinski definition) is 0. The van der Waals surface area contributed by atoms with Crippen molar-refractivity contribution in [2.45, 2.75) is 18.9 Å². The minimum absolute atomic E-state index is 0.00814. The molecule has 2 amide bonds. The lowest BCUT2D eigenvalue weighted by Crippen LogP contribution is -2.48. The van der Waals surface area contributed by atoms with Gasteiger partial charge in [0.1, 0.15) is 11.5 Å². The summed E-state index contributed by atoms with van der Waals surface area (Å²) in [6.07, 6.45) is 0.863. The highest BCUT2D eigenvalue weighted by Gasteiger charge is 2.42. The molecule has 6 heteroatoms. The van der Waals surface area contributed by atoms with Crippen molar-refractivity contribution in [2.75, 3.05) is 33.2 Å². The van der Waals surface area contributed by atoms with E-state index in [-0.39, 0.29) is 23.8 Å². The fraction of sp³-hybridized carbons (Fsp3) is 0.364. The molecule has 0 spiro atoms. The molecule has 1 fully saturated rings. The molecule has 2 aromatic carbocycles. The van der Waals surface area contributed by atoms with Crippen LogP contribution in [0.25, 0.3) is 0 Å². The van der Waals surface area contributed by atoms with E-state index in [0.29, 0.717) is 12.8 Å². The monoisotopic (exact) mass is 382 g/mol. The summed E-state index contributed by atoms with van der Waals surface area (Å²) in [5, 5.41) is 0. The van der Waals surface area contributed by atoms with Crippen LogP contribution >= 0.6 is 0 Å². The smallest absolute Gasteiger partial charge is 0.227 e. The molecule has 0 radical (unpaired) electrons. The van der Waals surface area contributed by atoms with Crippen LogP contribution < -0.4 is 14.4 Å². The quantitative estimate of drug-likeness (QED) is 0.796. The third-order valence-electron chi connectivity index (χ3n) is 5.16. The van der Waals surface area contributed by atoms with Crippen molar-refractivity contribution >= 4 is 17.5 Å². The van der Waals surface area contributed by atoms with E-state index < -0.39 is 0 Å². The molecule has 2 atom stereocenters. The van der Waals surface area contributed by atoms with E-state index in [9.17, 15) is 9.59 Å². The molecular weight excluding hydrogens is 356 g/mol. The lowest BCUT2D eigenvalue weighted by Gasteiger charge is -2.41. The summed E-state index contributed by atoms with van der Waals surface area (Å²) in [6.45, 7) is 0. The van der Waals surface area contributed by atoms with Gasteiger partial charge in [0.2, 0.25) is 11.8 Å². The van der Waals surface area contributed by atoms with Gasteiger partial charge in [0.15, 0.2) is 0 Å². The average Bonchev–Trinajstić information content (AvgIpc) is 2.73. The standard InChI is InChI=1S/C22H26N2O4/c1-23(2)22(26)19-13-14-20(25)24(16-7-11-18(28-4)12-8-16)21(19)15-5-9-17(27-3)10-6-15/h5-12,19,21H,13-14H2,1-4H3/t19-,21-/m1/s1. The molecule has 0 unspecified atom stereocenters. The summed E-state index contributed by atoms with van der Waals surface area (Å²) in [5.74, 6) is 1.16. The van der Waals surface area contributed by atoms with Crippen molar-refractivity contribution in [3.63, 3.8) is 0 Å². The van der Waals surface area contributed by atoms with E-state index in [1.54, 1.807) is 38.1 Å². The van der Waals surface area contributed by atoms with Crippen molar-refractivity contribution in [2.24, 2.45) is 5.92 Å². The van der Waals surface area contributed by atoms with E-state index in [0.717, 1.165) is 22.7 Å². The number of benzene rings is 2. The molecular formula is C22H26N2O4. The zero-order valence-corrected chi connectivity index (χ0v) is 16.7. The number of rotatable bonds is 5. The van der Waals surface area contributed by atoms with E-state index in [4.69, 9.17) is 9.47 Å². The zero-order valence-electron chi connectivity index (χ0n) is 16.7. The zero-order chi connectivity index (χ0) is 20.3. The van der Waals surface area contributed by atoms with Crippen molar-refractivity contribution in [1.82, 2.24) is 4.90 Å². The SMILES string of the molecule is COc1ccc([C@@H]2[C@H](C(=O)N(C)C)CCC(=O)N2c2ccc(OC)cc2)cc1. The number of methoxy groups -OCH3 is 2. The first-order valence-electron chi connectivity index (χ1n) is 9.27. The van der Waals surface area contributed by atoms with Gasteiger partial charge in [-0.2, -0.15) is 0 Å². The van der Waals surface area contributed by atoms with Gasteiger partial charge in [0, 0.05) is 26.2 Å². The Hall–Kier alpha value is -3.02. The van der Waals surface area contributed by atoms with Gasteiger partial charge in [-0.25, -0.2) is 0 Å². The predicted octanol–water partition coefficient (Wildman–Crippen LogP) is 3.28. The van der Waals surface area contributed by atoms with Crippen LogP contribution in [0.3, 0.4) is 0 Å². The minimum Gasteiger partial charge on any atom is -0.497 e. The molecule has 6 nitrogen and oxygen atoms in total. The van der Waals surface area contributed by atoms with E-state index in [1.807, 2.05) is 48.5 Å². The Labute approximate surface area is 165 Å². The van der Waals surface area contributed by atoms with E-state index in [2.05, 4.69) is 0 Å². The molecule has 0 aromatic heterocycles. The second-order valence-electron chi connectivity index (χ2n) is 7.06. The second kappa shape index (κ2) is 8.33. The normalized spacial score (nSPS) is 19.3. The Morgan fingerprint density at radius 2 is 1.50 bits per heavy atom. The summed E-state index contributed by atoms with van der Waals surface area (Å²) >= 11 is 0. The summed E-state index contributed by atoms with van der Waals surface area (Å²) in [6, 6.07) is 14.6. The number of amides is 2. The molecule has 148 valence electrons. The maximum absolute atomic E-state index is 12.9. The van der Waals surface area contributed by atoms with Crippen molar-refractivity contribution in [3.05, 3.63) is 54.1 Å². The van der Waals surface area contributed by atoms with Gasteiger partial charge in [-0.3, -0.25) is 9.59 Å². The highest BCUT2D eigenvalue weighted by Crippen LogP contribution is 2.41. The predicted molar refractivity (Wildman–Crippen MR) is 108 cm³/mol. The number of carbonyl (C=O) groups excluding carboxylic acids is 2. The van der Waals surface area contributed by atoms with Crippen LogP contribution in [0.2, 0.25) is 0 Å². The third-order valence-corrected chi connectivity index (χ3v) is 5.16. The summed E-state index contributed by atoms with van der Waals surface area (Å²) < 4.78 is 10.5. The van der Waals surface area contributed by atoms with Crippen LogP contribution in [0.1, 0.15) is 24.4 Å². The van der Waals surface area contributed by atoms with Crippen LogP contribution in [0.4, 0.5) is 5.69 Å². The molecule has 2 aromatic rings. The number of anilines is 1. The van der Waals surface area contributed by atoms with Crippen LogP contribution in [0.5, 0.6) is 11.5 Å². The highest BCUT2D eigenvalue weighted by atomic mass is 16.5. The van der Waals surface area contributed by atoms with Gasteiger partial charge in [-0.15, -0.1) is 0 Å². The highest BCUT2D eigenvalue weighted by molar-refractivity contribution is 5.97. The first-order valence-corrected chi connectivity index (χ1v) is 9.27. The minimum atomic E-state index is -0.379. The third kappa shape index (κ3) is 3.81. The first kappa shape index (κ1) is 19.7. The van der Waals surface area contributed by atoms with Crippen molar-refractivity contribution in [1.29, 1.82) is 0 Å². The maximum Gasteiger partial charge on any atom is 0.227 e. The number of piperidine rings is 1. The average molecular weight is 382 g/mol. The van der Waals surface area contributed by atoms with Gasteiger partial charge in [-0.1, -0.05) is 12.1 Å². The number of hydrogen-bond acceptors (Lipinski definition) is 4. The Morgan fingerprint density at radius 3 is 2.00 bits per heavy atom. The molecule has 3 rings (SSSR count). The second-order valence-corrected chi connectivity index (χ2v) is 7.06. The lowest BCUT2D eigenvalue weighted by molar-refractivity contribution is -0.136. The van der Waals surface area contributed by atoms with Gasteiger partial charge in [-0.05, 0) is 48.4 Å². The maximum atomic E-state index is 12.9. The fourth-order valence-electron chi connectivity index (χ4n) is 3.71. The summed E-state index contributed by atoms with van der Waals surface area (Å²) in [5.41, 5.74) is 1.66. The van der Waals surface area contributed by atoms with Gasteiger partial charge in [0.05, 0.1) is 26.2 Å². The van der Waals surface area contributed by atoms with Crippen LogP contribution in [-0.4, -0.2) is 45.0 Å². The molecule has 0 N–H and O–H groups in total. The molecule has 1 saturated heterocycles. The number of carbonyl (C=O) groups is 2. The van der Waals surface area contributed by atoms with E-state index in [1.165, 1.54) is 0 Å². The van der Waals surface area contributed by atoms with Crippen LogP contribution in [-0.2, 0) is 9.59 Å². The fourth-order valence-corrected chi connectivity index (χ4v) is 3.71. The Kier molecular flexibility index (Phi) is 5.87. The van der Waals surface area contributed by atoms with E-state index >= 15 is 0 Å². The number of ether oxygens (including phenoxy) is 2. The van der Waals surface area contributed by atoms with Crippen molar-refractivity contribution < 1.29 is 19.1 Å². The van der Waals surface area contributed by atoms with Gasteiger partial charge >= 0.3 is 0 Å². The molecule has 0 aliphatic carbocycles. The largest absolute Gasteiger partial charge is 0.497 e. The molecule has 1 aliphatic rings. The molecule has 1 heterocycles. The van der Waals surface area contributed by atoms with Crippen LogP contribution in [0, 0.1) is 5.92 Å². The summed E-state index contributed by atoms with van der Waals surface area (Å²) in [7, 11) is 6.72. The molecule has 0 bridgehead atoms. The Morgan fingerprint density at radius 1 is 0.964 bits per heavy atom. The lowest BCUT2D eigenvalue weighted by atomic mass is 9.83. The molecule has 28 heavy (non-hydrogen) atoms. The molecule has 0 saturated carbocycles. The van der Waals surface area contributed by atoms with Gasteiger partial charge in [0.25, 0.3) is 0 Å². The Balaban J connectivity index is 2.08. The first-order chi connectivity index (χ1) is 13.5. The topological polar surface area (TPSA) is 59.1 Å². The van der Waals surface area contributed by atoms with Crippen molar-refractivity contribution in [3.8, 4) is 11.5 Å². The van der Waals surface area contributed by atoms with Crippen LogP contribution in [0.15, 0.2) is 48.5 Å². The number of nitrogens with zero attached hydrogens (tertiary/aromatic N) is 2. The Bertz CT molecular complexity index is 831. The van der Waals surface area contributed by atoms with Gasteiger partial charge < -0.3 is 19.3 Å². The molecule has 1 aliphatic heterocycles.